The van der Waals surface area contributed by atoms with E-state index in [2.05, 4.69) is 0 Å². The Morgan fingerprint density at radius 1 is 0.938 bits per heavy atom. The van der Waals surface area contributed by atoms with Crippen LogP contribution in [0.5, 0.6) is 0 Å². The van der Waals surface area contributed by atoms with Crippen LogP contribution in [-0.2, 0) is 0 Å². The second-order valence-electron chi connectivity index (χ2n) is 3.91. The predicted molar refractivity (Wildman–Crippen MR) is 61.7 cm³/mol. The quantitative estimate of drug-likeness (QED) is 0.540. The summed E-state index contributed by atoms with van der Waals surface area (Å²) in [6, 6.07) is 5.07. The molecule has 0 saturated heterocycles. The highest BCUT2D eigenvalue weighted by atomic mass is 16.4. The highest BCUT2D eigenvalue weighted by molar-refractivity contribution is 6.05. The molecule has 0 spiro atoms. The van der Waals surface area contributed by atoms with Crippen molar-refractivity contribution in [3.63, 3.8) is 0 Å². The average Bonchev–Trinajstić information content (AvgIpc) is 2.75. The number of furan rings is 1. The molecular weight excluding hydrogens is 204 g/mol. The average molecular weight is 214 g/mol. The Hall–Kier alpha value is -2.03. The molecule has 80 valence electrons. The lowest BCUT2D eigenvalue weighted by Gasteiger charge is -2.05. The van der Waals surface area contributed by atoms with E-state index in [9.17, 15) is 4.79 Å². The summed E-state index contributed by atoms with van der Waals surface area (Å²) in [5, 5.41) is 1.82. The molecule has 0 saturated carbocycles. The molecule has 0 bridgehead atoms. The maximum absolute atomic E-state index is 11.2. The van der Waals surface area contributed by atoms with Crippen molar-refractivity contribution in [2.24, 2.45) is 0 Å². The van der Waals surface area contributed by atoms with Gasteiger partial charge in [0.25, 0.3) is 0 Å². The number of fused-ring (bicyclic) bond motifs is 3. The van der Waals surface area contributed by atoms with Gasteiger partial charge in [0.2, 0.25) is 0 Å². The first-order valence-electron chi connectivity index (χ1n) is 5.08. The van der Waals surface area contributed by atoms with Gasteiger partial charge in [-0.3, -0.25) is 0 Å². The fourth-order valence-electron chi connectivity index (χ4n) is 2.06. The molecule has 3 heteroatoms. The number of aryl methyl sites for hydroxylation is 2. The minimum atomic E-state index is -0.335. The molecular formula is C13H10O3. The van der Waals surface area contributed by atoms with Crippen LogP contribution in [-0.4, -0.2) is 0 Å². The number of hydrogen-bond acceptors (Lipinski definition) is 3. The van der Waals surface area contributed by atoms with Crippen LogP contribution in [0.2, 0.25) is 0 Å². The Bertz CT molecular complexity index is 747. The van der Waals surface area contributed by atoms with Gasteiger partial charge in [0.05, 0.1) is 11.6 Å². The molecule has 1 aromatic carbocycles. The molecule has 0 radical (unpaired) electrons. The second-order valence-corrected chi connectivity index (χ2v) is 3.91. The van der Waals surface area contributed by atoms with Gasteiger partial charge in [-0.1, -0.05) is 0 Å². The maximum Gasteiger partial charge on any atom is 0.336 e. The third kappa shape index (κ3) is 1.05. The van der Waals surface area contributed by atoms with Gasteiger partial charge in [-0.2, -0.15) is 0 Å². The largest absolute Gasteiger partial charge is 0.464 e. The van der Waals surface area contributed by atoms with Gasteiger partial charge in [0, 0.05) is 11.5 Å². The Labute approximate surface area is 91.3 Å². The van der Waals surface area contributed by atoms with Crippen molar-refractivity contribution < 1.29 is 8.83 Å². The number of hydrogen-bond donors (Lipinski definition) is 0. The first kappa shape index (κ1) is 9.21. The Morgan fingerprint density at radius 2 is 1.75 bits per heavy atom. The van der Waals surface area contributed by atoms with Crippen molar-refractivity contribution in [2.45, 2.75) is 13.8 Å². The molecule has 0 atom stereocenters. The van der Waals surface area contributed by atoms with Crippen LogP contribution in [0.3, 0.4) is 0 Å². The third-order valence-electron chi connectivity index (χ3n) is 3.05. The van der Waals surface area contributed by atoms with Gasteiger partial charge >= 0.3 is 5.63 Å². The molecule has 3 rings (SSSR count). The lowest BCUT2D eigenvalue weighted by atomic mass is 10.0. The van der Waals surface area contributed by atoms with Crippen molar-refractivity contribution in [1.29, 1.82) is 0 Å². The summed E-state index contributed by atoms with van der Waals surface area (Å²) in [4.78, 5) is 11.2. The second kappa shape index (κ2) is 2.98. The molecule has 3 nitrogen and oxygen atoms in total. The molecule has 0 aliphatic heterocycles. The van der Waals surface area contributed by atoms with Gasteiger partial charge in [-0.05, 0) is 37.1 Å². The van der Waals surface area contributed by atoms with Crippen LogP contribution in [0.25, 0.3) is 21.9 Å². The van der Waals surface area contributed by atoms with Gasteiger partial charge in [0.15, 0.2) is 0 Å². The molecule has 2 aromatic heterocycles. The number of benzene rings is 1. The fraction of sp³-hybridized carbons (Fsp3) is 0.154. The van der Waals surface area contributed by atoms with Crippen LogP contribution < -0.4 is 5.63 Å². The van der Waals surface area contributed by atoms with E-state index in [1.807, 2.05) is 19.9 Å². The van der Waals surface area contributed by atoms with Crippen LogP contribution in [0, 0.1) is 13.8 Å². The minimum Gasteiger partial charge on any atom is -0.464 e. The Balaban J connectivity index is 2.72. The van der Waals surface area contributed by atoms with Gasteiger partial charge in [-0.25, -0.2) is 4.79 Å². The highest BCUT2D eigenvalue weighted by Gasteiger charge is 2.12. The summed E-state index contributed by atoms with van der Waals surface area (Å²) in [6.07, 6.45) is 1.61. The smallest absolute Gasteiger partial charge is 0.336 e. The van der Waals surface area contributed by atoms with Crippen molar-refractivity contribution in [2.75, 3.05) is 0 Å². The fourth-order valence-corrected chi connectivity index (χ4v) is 2.06. The first-order chi connectivity index (χ1) is 7.68. The summed E-state index contributed by atoms with van der Waals surface area (Å²) < 4.78 is 10.7. The van der Waals surface area contributed by atoms with Crippen molar-refractivity contribution in [3.05, 3.63) is 46.0 Å². The number of rotatable bonds is 0. The Morgan fingerprint density at radius 3 is 2.56 bits per heavy atom. The van der Waals surface area contributed by atoms with Crippen LogP contribution in [0.1, 0.15) is 11.1 Å². The minimum absolute atomic E-state index is 0.335. The Kier molecular flexibility index (Phi) is 1.72. The summed E-state index contributed by atoms with van der Waals surface area (Å²) in [5.74, 6) is 0. The molecule has 3 aromatic rings. The SMILES string of the molecule is Cc1c(C)c2occc2c2oc(=O)ccc12. The van der Waals surface area contributed by atoms with Crippen molar-refractivity contribution in [1.82, 2.24) is 0 Å². The monoisotopic (exact) mass is 214 g/mol. The summed E-state index contributed by atoms with van der Waals surface area (Å²) >= 11 is 0. The normalized spacial score (nSPS) is 11.4. The molecule has 0 aliphatic rings. The van der Waals surface area contributed by atoms with E-state index in [1.165, 1.54) is 6.07 Å². The van der Waals surface area contributed by atoms with Gasteiger partial charge in [-0.15, -0.1) is 0 Å². The van der Waals surface area contributed by atoms with E-state index < -0.39 is 0 Å². The molecule has 0 unspecified atom stereocenters. The lowest BCUT2D eigenvalue weighted by Crippen LogP contribution is -1.96. The summed E-state index contributed by atoms with van der Waals surface area (Å²) in [5.41, 5.74) is 3.24. The molecule has 0 aliphatic carbocycles. The first-order valence-corrected chi connectivity index (χ1v) is 5.08. The summed E-state index contributed by atoms with van der Waals surface area (Å²) in [7, 11) is 0. The van der Waals surface area contributed by atoms with Crippen molar-refractivity contribution in [3.8, 4) is 0 Å². The van der Waals surface area contributed by atoms with E-state index in [4.69, 9.17) is 8.83 Å². The van der Waals surface area contributed by atoms with E-state index >= 15 is 0 Å². The lowest BCUT2D eigenvalue weighted by molar-refractivity contribution is 0.563. The van der Waals surface area contributed by atoms with Crippen molar-refractivity contribution >= 4 is 21.9 Å². The summed E-state index contributed by atoms with van der Waals surface area (Å²) in [6.45, 7) is 4.01. The highest BCUT2D eigenvalue weighted by Crippen LogP contribution is 2.31. The van der Waals surface area contributed by atoms with Gasteiger partial charge in [0.1, 0.15) is 11.2 Å². The predicted octanol–water partition coefficient (Wildman–Crippen LogP) is 3.16. The maximum atomic E-state index is 11.2. The zero-order valence-corrected chi connectivity index (χ0v) is 9.03. The standard InChI is InChI=1S/C13H10O3/c1-7-8(2)12-10(5-6-15-12)13-9(7)3-4-11(14)16-13/h3-6H,1-2H3. The molecule has 0 amide bonds. The third-order valence-corrected chi connectivity index (χ3v) is 3.05. The zero-order valence-electron chi connectivity index (χ0n) is 9.03. The zero-order chi connectivity index (χ0) is 11.3. The molecule has 0 N–H and O–H groups in total. The van der Waals surface area contributed by atoms with Gasteiger partial charge < -0.3 is 8.83 Å². The van der Waals surface area contributed by atoms with Crippen LogP contribution in [0.4, 0.5) is 0 Å². The molecule has 2 heterocycles. The van der Waals surface area contributed by atoms with E-state index in [0.717, 1.165) is 27.5 Å². The molecule has 16 heavy (non-hydrogen) atoms. The van der Waals surface area contributed by atoms with Crippen LogP contribution in [0.15, 0.2) is 38.1 Å². The van der Waals surface area contributed by atoms with Crippen LogP contribution >= 0.6 is 0 Å². The van der Waals surface area contributed by atoms with E-state index in [-0.39, 0.29) is 5.63 Å². The molecule has 0 fully saturated rings. The van der Waals surface area contributed by atoms with E-state index in [0.29, 0.717) is 5.58 Å². The van der Waals surface area contributed by atoms with E-state index in [1.54, 1.807) is 12.3 Å². The topological polar surface area (TPSA) is 43.4 Å².